The SMILES string of the molecule is CC1CCC(C)C(c2ccc(Cl)c(Cc3ccc(O[C@H]4CCOC4)cc3)c2)O1. The molecule has 2 heterocycles. The minimum Gasteiger partial charge on any atom is -0.488 e. The molecule has 2 aliphatic rings. The van der Waals surface area contributed by atoms with Crippen molar-refractivity contribution in [2.45, 2.75) is 57.8 Å². The molecular formula is C24H29ClO3. The summed E-state index contributed by atoms with van der Waals surface area (Å²) in [5.41, 5.74) is 3.60. The average molecular weight is 401 g/mol. The van der Waals surface area contributed by atoms with Crippen LogP contribution in [0.4, 0.5) is 0 Å². The number of halogens is 1. The van der Waals surface area contributed by atoms with Crippen LogP contribution in [0.5, 0.6) is 5.75 Å². The minimum atomic E-state index is 0.157. The first-order valence-corrected chi connectivity index (χ1v) is 10.7. The van der Waals surface area contributed by atoms with Gasteiger partial charge in [0, 0.05) is 11.4 Å². The van der Waals surface area contributed by atoms with E-state index in [9.17, 15) is 0 Å². The predicted molar refractivity (Wildman–Crippen MR) is 112 cm³/mol. The number of ether oxygens (including phenoxy) is 3. The number of hydrogen-bond donors (Lipinski definition) is 0. The van der Waals surface area contributed by atoms with E-state index in [-0.39, 0.29) is 12.2 Å². The fourth-order valence-corrected chi connectivity index (χ4v) is 4.30. The molecule has 0 aromatic heterocycles. The Kier molecular flexibility index (Phi) is 6.25. The maximum Gasteiger partial charge on any atom is 0.124 e. The first kappa shape index (κ1) is 19.8. The van der Waals surface area contributed by atoms with E-state index < -0.39 is 0 Å². The third-order valence-corrected chi connectivity index (χ3v) is 6.20. The van der Waals surface area contributed by atoms with Gasteiger partial charge in [0.2, 0.25) is 0 Å². The maximum atomic E-state index is 6.52. The maximum absolute atomic E-state index is 6.52. The molecule has 0 N–H and O–H groups in total. The van der Waals surface area contributed by atoms with Crippen molar-refractivity contribution in [2.75, 3.05) is 13.2 Å². The summed E-state index contributed by atoms with van der Waals surface area (Å²) >= 11 is 6.52. The highest BCUT2D eigenvalue weighted by Crippen LogP contribution is 2.37. The first-order chi connectivity index (χ1) is 13.6. The van der Waals surface area contributed by atoms with Crippen LogP contribution < -0.4 is 4.74 Å². The molecule has 0 spiro atoms. The fourth-order valence-electron chi connectivity index (χ4n) is 4.12. The van der Waals surface area contributed by atoms with Gasteiger partial charge in [0.15, 0.2) is 0 Å². The van der Waals surface area contributed by atoms with E-state index in [2.05, 4.69) is 38.1 Å². The van der Waals surface area contributed by atoms with Crippen molar-refractivity contribution >= 4 is 11.6 Å². The average Bonchev–Trinajstić information content (AvgIpc) is 3.20. The summed E-state index contributed by atoms with van der Waals surface area (Å²) in [4.78, 5) is 0. The zero-order chi connectivity index (χ0) is 19.5. The van der Waals surface area contributed by atoms with Crippen LogP contribution >= 0.6 is 11.6 Å². The molecule has 150 valence electrons. The zero-order valence-corrected chi connectivity index (χ0v) is 17.5. The van der Waals surface area contributed by atoms with E-state index in [0.29, 0.717) is 18.6 Å². The molecule has 3 unspecified atom stereocenters. The lowest BCUT2D eigenvalue weighted by Crippen LogP contribution is -2.26. The summed E-state index contributed by atoms with van der Waals surface area (Å²) < 4.78 is 17.6. The van der Waals surface area contributed by atoms with E-state index in [4.69, 9.17) is 25.8 Å². The Morgan fingerprint density at radius 3 is 2.61 bits per heavy atom. The van der Waals surface area contributed by atoms with E-state index in [1.807, 2.05) is 18.2 Å². The third kappa shape index (κ3) is 4.71. The highest BCUT2D eigenvalue weighted by molar-refractivity contribution is 6.31. The van der Waals surface area contributed by atoms with Gasteiger partial charge in [0.1, 0.15) is 11.9 Å². The van der Waals surface area contributed by atoms with Gasteiger partial charge in [-0.2, -0.15) is 0 Å². The molecule has 0 amide bonds. The molecule has 4 rings (SSSR count). The van der Waals surface area contributed by atoms with E-state index in [1.54, 1.807) is 0 Å². The molecular weight excluding hydrogens is 372 g/mol. The Morgan fingerprint density at radius 2 is 1.86 bits per heavy atom. The normalized spacial score (nSPS) is 27.7. The zero-order valence-electron chi connectivity index (χ0n) is 16.7. The number of benzene rings is 2. The fraction of sp³-hybridized carbons (Fsp3) is 0.500. The first-order valence-electron chi connectivity index (χ1n) is 10.4. The van der Waals surface area contributed by atoms with Gasteiger partial charge in [0.25, 0.3) is 0 Å². The van der Waals surface area contributed by atoms with Crippen LogP contribution in [-0.2, 0) is 15.9 Å². The Morgan fingerprint density at radius 1 is 1.04 bits per heavy atom. The predicted octanol–water partition coefficient (Wildman–Crippen LogP) is 5.97. The summed E-state index contributed by atoms with van der Waals surface area (Å²) in [7, 11) is 0. The van der Waals surface area contributed by atoms with Crippen molar-refractivity contribution in [3.63, 3.8) is 0 Å². The Bertz CT molecular complexity index is 783. The Balaban J connectivity index is 1.46. The lowest BCUT2D eigenvalue weighted by molar-refractivity contribution is -0.0722. The summed E-state index contributed by atoms with van der Waals surface area (Å²) in [6, 6.07) is 14.7. The lowest BCUT2D eigenvalue weighted by atomic mass is 9.88. The van der Waals surface area contributed by atoms with Crippen LogP contribution in [0.3, 0.4) is 0 Å². The molecule has 0 saturated carbocycles. The molecule has 2 saturated heterocycles. The van der Waals surface area contributed by atoms with Crippen LogP contribution in [-0.4, -0.2) is 25.4 Å². The van der Waals surface area contributed by atoms with Crippen LogP contribution in [0.15, 0.2) is 42.5 Å². The van der Waals surface area contributed by atoms with Crippen LogP contribution in [0.25, 0.3) is 0 Å². The molecule has 28 heavy (non-hydrogen) atoms. The van der Waals surface area contributed by atoms with Crippen molar-refractivity contribution in [3.05, 3.63) is 64.2 Å². The largest absolute Gasteiger partial charge is 0.488 e. The van der Waals surface area contributed by atoms with Gasteiger partial charge in [0.05, 0.1) is 25.4 Å². The summed E-state index contributed by atoms with van der Waals surface area (Å²) in [6.07, 6.45) is 4.76. The van der Waals surface area contributed by atoms with Crippen LogP contribution in [0.2, 0.25) is 5.02 Å². The molecule has 2 aromatic rings. The van der Waals surface area contributed by atoms with Gasteiger partial charge in [-0.3, -0.25) is 0 Å². The van der Waals surface area contributed by atoms with E-state index in [0.717, 1.165) is 42.2 Å². The minimum absolute atomic E-state index is 0.157. The molecule has 2 aromatic carbocycles. The van der Waals surface area contributed by atoms with Gasteiger partial charge >= 0.3 is 0 Å². The molecule has 0 bridgehead atoms. The monoisotopic (exact) mass is 400 g/mol. The second-order valence-electron chi connectivity index (χ2n) is 8.20. The molecule has 2 fully saturated rings. The van der Waals surface area contributed by atoms with Gasteiger partial charge < -0.3 is 14.2 Å². The van der Waals surface area contributed by atoms with Crippen LogP contribution in [0.1, 0.15) is 55.9 Å². The van der Waals surface area contributed by atoms with Crippen LogP contribution in [0, 0.1) is 5.92 Å². The van der Waals surface area contributed by atoms with E-state index in [1.165, 1.54) is 17.5 Å². The molecule has 3 nitrogen and oxygen atoms in total. The molecule has 4 heteroatoms. The van der Waals surface area contributed by atoms with Gasteiger partial charge in [-0.1, -0.05) is 42.8 Å². The van der Waals surface area contributed by atoms with Crippen molar-refractivity contribution in [1.29, 1.82) is 0 Å². The Labute approximate surface area is 173 Å². The second kappa shape index (κ2) is 8.86. The summed E-state index contributed by atoms with van der Waals surface area (Å²) in [6.45, 7) is 5.92. The number of hydrogen-bond acceptors (Lipinski definition) is 3. The smallest absolute Gasteiger partial charge is 0.124 e. The Hall–Kier alpha value is -1.55. The highest BCUT2D eigenvalue weighted by atomic mass is 35.5. The molecule has 2 aliphatic heterocycles. The van der Waals surface area contributed by atoms with Crippen molar-refractivity contribution in [1.82, 2.24) is 0 Å². The molecule has 0 radical (unpaired) electrons. The van der Waals surface area contributed by atoms with Crippen molar-refractivity contribution in [3.8, 4) is 5.75 Å². The molecule has 4 atom stereocenters. The summed E-state index contributed by atoms with van der Waals surface area (Å²) in [5, 5.41) is 0.809. The highest BCUT2D eigenvalue weighted by Gasteiger charge is 2.27. The van der Waals surface area contributed by atoms with Crippen molar-refractivity contribution < 1.29 is 14.2 Å². The van der Waals surface area contributed by atoms with E-state index >= 15 is 0 Å². The van der Waals surface area contributed by atoms with Gasteiger partial charge in [-0.25, -0.2) is 0 Å². The summed E-state index contributed by atoms with van der Waals surface area (Å²) in [5.74, 6) is 1.43. The third-order valence-electron chi connectivity index (χ3n) is 5.83. The molecule has 0 aliphatic carbocycles. The second-order valence-corrected chi connectivity index (χ2v) is 8.60. The van der Waals surface area contributed by atoms with Crippen molar-refractivity contribution in [2.24, 2.45) is 5.92 Å². The standard InChI is InChI=1S/C24H29ClO3/c1-16-3-4-17(2)27-24(16)19-7-10-23(25)20(14-19)13-18-5-8-21(9-6-18)28-22-11-12-26-15-22/h5-10,14,16-17,22,24H,3-4,11-13,15H2,1-2H3/t16?,17?,22-,24?/m0/s1. The van der Waals surface area contributed by atoms with Gasteiger partial charge in [-0.05, 0) is 67.0 Å². The number of rotatable bonds is 5. The topological polar surface area (TPSA) is 27.7 Å². The lowest BCUT2D eigenvalue weighted by Gasteiger charge is -2.34. The quantitative estimate of drug-likeness (QED) is 0.618. The van der Waals surface area contributed by atoms with Gasteiger partial charge in [-0.15, -0.1) is 0 Å².